The molecule has 4 rings (SSSR count). The van der Waals surface area contributed by atoms with Gasteiger partial charge in [-0.15, -0.1) is 0 Å². The molecule has 0 aliphatic carbocycles. The van der Waals surface area contributed by atoms with Gasteiger partial charge in [0, 0.05) is 40.8 Å². The van der Waals surface area contributed by atoms with Crippen LogP contribution in [0.4, 0.5) is 0 Å². The third kappa shape index (κ3) is 3.93. The molecule has 1 aliphatic rings. The van der Waals surface area contributed by atoms with Gasteiger partial charge in [0.25, 0.3) is 5.56 Å². The molecule has 1 aromatic heterocycles. The number of nitrogens with zero attached hydrogens (tertiary/aromatic N) is 2. The summed E-state index contributed by atoms with van der Waals surface area (Å²) in [6, 6.07) is 13.5. The van der Waals surface area contributed by atoms with Crippen LogP contribution in [0, 0.1) is 6.92 Å². The molecule has 0 amide bonds. The Balaban J connectivity index is 1.62. The molecule has 0 radical (unpaired) electrons. The minimum atomic E-state index is -0.0454. The Bertz CT molecular complexity index is 1040. The lowest BCUT2D eigenvalue weighted by Gasteiger charge is -2.28. The van der Waals surface area contributed by atoms with Crippen LogP contribution in [-0.2, 0) is 19.5 Å². The van der Waals surface area contributed by atoms with E-state index >= 15 is 0 Å². The van der Waals surface area contributed by atoms with Gasteiger partial charge in [0.15, 0.2) is 0 Å². The van der Waals surface area contributed by atoms with Gasteiger partial charge >= 0.3 is 0 Å². The highest BCUT2D eigenvalue weighted by atomic mass is 35.5. The molecular weight excluding hydrogens is 381 g/mol. The van der Waals surface area contributed by atoms with Gasteiger partial charge in [0.1, 0.15) is 5.82 Å². The van der Waals surface area contributed by atoms with Gasteiger partial charge in [0.2, 0.25) is 0 Å². The van der Waals surface area contributed by atoms with Gasteiger partial charge in [-0.3, -0.25) is 9.69 Å². The van der Waals surface area contributed by atoms with Gasteiger partial charge in [-0.2, -0.15) is 0 Å². The molecule has 2 aromatic carbocycles. The van der Waals surface area contributed by atoms with Gasteiger partial charge in [-0.05, 0) is 37.1 Å². The first-order valence-electron chi connectivity index (χ1n) is 8.85. The molecule has 6 heteroatoms. The first-order chi connectivity index (χ1) is 13.0. The van der Waals surface area contributed by atoms with Crippen molar-refractivity contribution in [1.29, 1.82) is 0 Å². The van der Waals surface area contributed by atoms with Crippen LogP contribution in [0.1, 0.15) is 22.4 Å². The highest BCUT2D eigenvalue weighted by Gasteiger charge is 2.22. The fraction of sp³-hybridized carbons (Fsp3) is 0.238. The highest BCUT2D eigenvalue weighted by molar-refractivity contribution is 6.33. The molecule has 0 fully saturated rings. The van der Waals surface area contributed by atoms with Crippen LogP contribution >= 0.6 is 23.2 Å². The summed E-state index contributed by atoms with van der Waals surface area (Å²) < 4.78 is 0. The second kappa shape index (κ2) is 7.47. The van der Waals surface area contributed by atoms with Crippen LogP contribution in [0.3, 0.4) is 0 Å². The molecule has 0 saturated carbocycles. The summed E-state index contributed by atoms with van der Waals surface area (Å²) in [7, 11) is 0. The third-order valence-corrected chi connectivity index (χ3v) is 5.48. The van der Waals surface area contributed by atoms with Crippen molar-refractivity contribution < 1.29 is 0 Å². The van der Waals surface area contributed by atoms with Gasteiger partial charge in [-0.25, -0.2) is 4.98 Å². The number of fused-ring (bicyclic) bond motifs is 1. The highest BCUT2D eigenvalue weighted by Crippen LogP contribution is 2.25. The SMILES string of the molecule is Cc1ccc(-c2nc3c(c(=O)[nH]2)CCN(Cc2cc(Cl)ccc2Cl)C3)cc1. The molecule has 1 aliphatic heterocycles. The number of halogens is 2. The van der Waals surface area contributed by atoms with Crippen LogP contribution in [0.5, 0.6) is 0 Å². The van der Waals surface area contributed by atoms with E-state index in [-0.39, 0.29) is 5.56 Å². The van der Waals surface area contributed by atoms with Crippen LogP contribution < -0.4 is 5.56 Å². The normalized spacial score (nSPS) is 14.2. The molecule has 138 valence electrons. The molecule has 3 aromatic rings. The van der Waals surface area contributed by atoms with Crippen molar-refractivity contribution in [2.75, 3.05) is 6.54 Å². The third-order valence-electron chi connectivity index (χ3n) is 4.88. The number of aryl methyl sites for hydroxylation is 1. The molecule has 0 unspecified atom stereocenters. The number of aromatic amines is 1. The number of H-pyrrole nitrogens is 1. The zero-order chi connectivity index (χ0) is 19.0. The fourth-order valence-electron chi connectivity index (χ4n) is 3.38. The lowest BCUT2D eigenvalue weighted by atomic mass is 10.0. The monoisotopic (exact) mass is 399 g/mol. The number of hydrogen-bond donors (Lipinski definition) is 1. The second-order valence-corrected chi connectivity index (χ2v) is 7.75. The van der Waals surface area contributed by atoms with Gasteiger partial charge in [-0.1, -0.05) is 53.0 Å². The van der Waals surface area contributed by atoms with Crippen LogP contribution in [0.15, 0.2) is 47.3 Å². The maximum atomic E-state index is 12.5. The van der Waals surface area contributed by atoms with Crippen molar-refractivity contribution in [3.63, 3.8) is 0 Å². The number of benzene rings is 2. The summed E-state index contributed by atoms with van der Waals surface area (Å²) in [6.07, 6.45) is 0.671. The molecule has 27 heavy (non-hydrogen) atoms. The average molecular weight is 400 g/mol. The minimum absolute atomic E-state index is 0.0454. The van der Waals surface area contributed by atoms with E-state index in [2.05, 4.69) is 9.88 Å². The Hall–Kier alpha value is -2.14. The maximum absolute atomic E-state index is 12.5. The van der Waals surface area contributed by atoms with Crippen molar-refractivity contribution in [1.82, 2.24) is 14.9 Å². The van der Waals surface area contributed by atoms with Gasteiger partial charge < -0.3 is 4.98 Å². The topological polar surface area (TPSA) is 49.0 Å². The van der Waals surface area contributed by atoms with Crippen molar-refractivity contribution in [3.8, 4) is 11.4 Å². The Kier molecular flexibility index (Phi) is 5.04. The Morgan fingerprint density at radius 2 is 1.93 bits per heavy atom. The zero-order valence-corrected chi connectivity index (χ0v) is 16.4. The summed E-state index contributed by atoms with van der Waals surface area (Å²) >= 11 is 12.4. The number of hydrogen-bond acceptors (Lipinski definition) is 3. The molecule has 0 bridgehead atoms. The van der Waals surface area contributed by atoms with Crippen LogP contribution in [0.2, 0.25) is 10.0 Å². The van der Waals surface area contributed by atoms with Crippen molar-refractivity contribution >= 4 is 23.2 Å². The number of rotatable bonds is 3. The summed E-state index contributed by atoms with van der Waals surface area (Å²) in [5.41, 5.74) is 4.63. The molecule has 0 spiro atoms. The molecule has 1 N–H and O–H groups in total. The van der Waals surface area contributed by atoms with Crippen LogP contribution in [0.25, 0.3) is 11.4 Å². The van der Waals surface area contributed by atoms with E-state index in [0.29, 0.717) is 35.4 Å². The Morgan fingerprint density at radius 3 is 2.70 bits per heavy atom. The second-order valence-electron chi connectivity index (χ2n) is 6.90. The quantitative estimate of drug-likeness (QED) is 0.699. The predicted octanol–water partition coefficient (Wildman–Crippen LogP) is 4.61. The molecule has 2 heterocycles. The standard InChI is InChI=1S/C21H19Cl2N3O/c1-13-2-4-14(5-3-13)20-24-19-12-26(9-8-17(19)21(27)25-20)11-15-10-16(22)6-7-18(15)23/h2-7,10H,8-9,11-12H2,1H3,(H,24,25,27). The van der Waals surface area contributed by atoms with Crippen molar-refractivity contribution in [2.24, 2.45) is 0 Å². The molecular formula is C21H19Cl2N3O. The van der Waals surface area contributed by atoms with E-state index in [4.69, 9.17) is 28.2 Å². The number of aromatic nitrogens is 2. The summed E-state index contributed by atoms with van der Waals surface area (Å²) in [5, 5.41) is 1.37. The van der Waals surface area contributed by atoms with Gasteiger partial charge in [0.05, 0.1) is 5.69 Å². The number of nitrogens with one attached hydrogen (secondary N) is 1. The van der Waals surface area contributed by atoms with Crippen molar-refractivity contribution in [3.05, 3.63) is 85.2 Å². The lowest BCUT2D eigenvalue weighted by Crippen LogP contribution is -2.35. The van der Waals surface area contributed by atoms with E-state index in [9.17, 15) is 4.79 Å². The Morgan fingerprint density at radius 1 is 1.15 bits per heavy atom. The minimum Gasteiger partial charge on any atom is -0.306 e. The maximum Gasteiger partial charge on any atom is 0.254 e. The first kappa shape index (κ1) is 18.2. The first-order valence-corrected chi connectivity index (χ1v) is 9.60. The summed E-state index contributed by atoms with van der Waals surface area (Å²) in [5.74, 6) is 0.612. The van der Waals surface area contributed by atoms with E-state index < -0.39 is 0 Å². The summed E-state index contributed by atoms with van der Waals surface area (Å²) in [4.78, 5) is 22.5. The largest absolute Gasteiger partial charge is 0.306 e. The van der Waals surface area contributed by atoms with E-state index in [1.807, 2.05) is 43.3 Å². The fourth-order valence-corrected chi connectivity index (χ4v) is 3.75. The molecule has 0 saturated heterocycles. The molecule has 4 nitrogen and oxygen atoms in total. The Labute approximate surface area is 167 Å². The smallest absolute Gasteiger partial charge is 0.254 e. The lowest BCUT2D eigenvalue weighted by molar-refractivity contribution is 0.240. The van der Waals surface area contributed by atoms with Crippen LogP contribution in [-0.4, -0.2) is 21.4 Å². The predicted molar refractivity (Wildman–Crippen MR) is 109 cm³/mol. The van der Waals surface area contributed by atoms with E-state index in [0.717, 1.165) is 28.9 Å². The van der Waals surface area contributed by atoms with E-state index in [1.165, 1.54) is 5.56 Å². The summed E-state index contributed by atoms with van der Waals surface area (Å²) in [6.45, 7) is 4.10. The average Bonchev–Trinajstić information content (AvgIpc) is 2.65. The zero-order valence-electron chi connectivity index (χ0n) is 14.9. The molecule has 0 atom stereocenters. The van der Waals surface area contributed by atoms with Crippen molar-refractivity contribution in [2.45, 2.75) is 26.4 Å². The van der Waals surface area contributed by atoms with E-state index in [1.54, 1.807) is 6.07 Å².